The first-order chi connectivity index (χ1) is 12.5. The molecule has 2 aromatic rings. The van der Waals surface area contributed by atoms with Crippen LogP contribution in [0, 0.1) is 5.82 Å². The van der Waals surface area contributed by atoms with Gasteiger partial charge in [-0.25, -0.2) is 4.39 Å². The molecule has 0 unspecified atom stereocenters. The second kappa shape index (κ2) is 9.58. The summed E-state index contributed by atoms with van der Waals surface area (Å²) in [4.78, 5) is 23.7. The van der Waals surface area contributed by atoms with E-state index < -0.39 is 11.7 Å². The maximum Gasteiger partial charge on any atom is 0.262 e. The van der Waals surface area contributed by atoms with E-state index in [4.69, 9.17) is 16.3 Å². The Morgan fingerprint density at radius 2 is 1.88 bits per heavy atom. The summed E-state index contributed by atoms with van der Waals surface area (Å²) in [7, 11) is 0. The number of hydrogen-bond acceptors (Lipinski definition) is 3. The van der Waals surface area contributed by atoms with Crippen LogP contribution in [-0.4, -0.2) is 25.0 Å². The summed E-state index contributed by atoms with van der Waals surface area (Å²) < 4.78 is 18.5. The fourth-order valence-corrected chi connectivity index (χ4v) is 2.15. The molecule has 0 fully saturated rings. The number of benzene rings is 2. The van der Waals surface area contributed by atoms with Gasteiger partial charge in [-0.3, -0.25) is 9.59 Å². The van der Waals surface area contributed by atoms with Gasteiger partial charge < -0.3 is 15.4 Å². The van der Waals surface area contributed by atoms with Gasteiger partial charge in [0.1, 0.15) is 11.6 Å². The molecule has 136 valence electrons. The van der Waals surface area contributed by atoms with Gasteiger partial charge >= 0.3 is 0 Å². The van der Waals surface area contributed by atoms with Crippen molar-refractivity contribution in [3.05, 3.63) is 77.2 Å². The quantitative estimate of drug-likeness (QED) is 0.742. The number of rotatable bonds is 8. The normalized spacial score (nSPS) is 10.1. The van der Waals surface area contributed by atoms with Crippen molar-refractivity contribution in [2.24, 2.45) is 0 Å². The van der Waals surface area contributed by atoms with Crippen molar-refractivity contribution >= 4 is 23.4 Å². The van der Waals surface area contributed by atoms with Crippen molar-refractivity contribution in [1.29, 1.82) is 0 Å². The van der Waals surface area contributed by atoms with Crippen LogP contribution in [0.25, 0.3) is 0 Å². The van der Waals surface area contributed by atoms with Crippen LogP contribution in [-0.2, 0) is 4.79 Å². The fraction of sp³-hybridized carbons (Fsp3) is 0.158. The minimum Gasteiger partial charge on any atom is -0.484 e. The molecule has 2 N–H and O–H groups in total. The van der Waals surface area contributed by atoms with E-state index in [-0.39, 0.29) is 23.3 Å². The largest absolute Gasteiger partial charge is 0.484 e. The van der Waals surface area contributed by atoms with E-state index in [1.165, 1.54) is 12.1 Å². The zero-order valence-electron chi connectivity index (χ0n) is 13.9. The van der Waals surface area contributed by atoms with Gasteiger partial charge in [0.25, 0.3) is 11.8 Å². The first-order valence-electron chi connectivity index (χ1n) is 7.84. The summed E-state index contributed by atoms with van der Waals surface area (Å²) in [5.41, 5.74) is 1.000. The average Bonchev–Trinajstić information content (AvgIpc) is 2.63. The standard InChI is InChI=1S/C19H18ClFN2O3/c1-13(9-10-22-19(25)14-5-3-2-4-6-14)23-18(24)12-26-15-7-8-16(20)17(21)11-15/h2-8,11H,1,9-10,12H2,(H,22,25)(H,23,24). The zero-order valence-corrected chi connectivity index (χ0v) is 14.7. The van der Waals surface area contributed by atoms with Gasteiger partial charge in [-0.15, -0.1) is 0 Å². The van der Waals surface area contributed by atoms with Crippen LogP contribution in [0.2, 0.25) is 5.02 Å². The smallest absolute Gasteiger partial charge is 0.262 e. The van der Waals surface area contributed by atoms with Crippen molar-refractivity contribution in [2.45, 2.75) is 6.42 Å². The van der Waals surface area contributed by atoms with E-state index in [1.807, 2.05) is 6.07 Å². The van der Waals surface area contributed by atoms with Crippen molar-refractivity contribution < 1.29 is 18.7 Å². The number of carbonyl (C=O) groups is 2. The lowest BCUT2D eigenvalue weighted by Crippen LogP contribution is -2.30. The molecule has 7 heteroatoms. The molecule has 0 radical (unpaired) electrons. The first-order valence-corrected chi connectivity index (χ1v) is 8.22. The van der Waals surface area contributed by atoms with Crippen LogP contribution in [0.15, 0.2) is 60.8 Å². The summed E-state index contributed by atoms with van der Waals surface area (Å²) in [6.45, 7) is 3.76. The second-order valence-electron chi connectivity index (χ2n) is 5.39. The first kappa shape index (κ1) is 19.5. The third-order valence-corrected chi connectivity index (χ3v) is 3.63. The van der Waals surface area contributed by atoms with Crippen LogP contribution in [0.5, 0.6) is 5.75 Å². The Morgan fingerprint density at radius 3 is 2.58 bits per heavy atom. The monoisotopic (exact) mass is 376 g/mol. The molecule has 0 atom stereocenters. The van der Waals surface area contributed by atoms with E-state index in [0.29, 0.717) is 24.2 Å². The zero-order chi connectivity index (χ0) is 18.9. The Morgan fingerprint density at radius 1 is 1.15 bits per heavy atom. The molecule has 2 rings (SSSR count). The molecule has 0 aliphatic rings. The Kier molecular flexibility index (Phi) is 7.17. The van der Waals surface area contributed by atoms with Crippen molar-refractivity contribution in [1.82, 2.24) is 10.6 Å². The summed E-state index contributed by atoms with van der Waals surface area (Å²) >= 11 is 5.57. The molecule has 0 bridgehead atoms. The number of ether oxygens (including phenoxy) is 1. The summed E-state index contributed by atoms with van der Waals surface area (Å²) in [6, 6.07) is 12.7. The molecule has 2 amide bonds. The maximum atomic E-state index is 13.3. The van der Waals surface area contributed by atoms with Crippen molar-refractivity contribution in [3.8, 4) is 5.75 Å². The lowest BCUT2D eigenvalue weighted by molar-refractivity contribution is -0.122. The van der Waals surface area contributed by atoms with E-state index in [9.17, 15) is 14.0 Å². The van der Waals surface area contributed by atoms with Gasteiger partial charge in [0.2, 0.25) is 0 Å². The summed E-state index contributed by atoms with van der Waals surface area (Å²) in [6.07, 6.45) is 0.375. The van der Waals surface area contributed by atoms with E-state index in [2.05, 4.69) is 17.2 Å². The summed E-state index contributed by atoms with van der Waals surface area (Å²) in [5.74, 6) is -1.05. The Labute approximate surface area is 155 Å². The third kappa shape index (κ3) is 6.22. The molecule has 0 aliphatic carbocycles. The molecule has 2 aromatic carbocycles. The Bertz CT molecular complexity index is 797. The highest BCUT2D eigenvalue weighted by atomic mass is 35.5. The number of carbonyl (C=O) groups excluding carboxylic acids is 2. The lowest BCUT2D eigenvalue weighted by Gasteiger charge is -2.10. The molecular weight excluding hydrogens is 359 g/mol. The number of nitrogens with one attached hydrogen (secondary N) is 2. The minimum absolute atomic E-state index is 0.0206. The van der Waals surface area contributed by atoms with E-state index in [1.54, 1.807) is 24.3 Å². The van der Waals surface area contributed by atoms with E-state index >= 15 is 0 Å². The highest BCUT2D eigenvalue weighted by molar-refractivity contribution is 6.30. The minimum atomic E-state index is -0.622. The molecule has 5 nitrogen and oxygen atoms in total. The molecule has 0 aliphatic heterocycles. The van der Waals surface area contributed by atoms with Crippen LogP contribution in [0.3, 0.4) is 0 Å². The molecule has 26 heavy (non-hydrogen) atoms. The third-order valence-electron chi connectivity index (χ3n) is 3.33. The Balaban J connectivity index is 1.67. The predicted molar refractivity (Wildman–Crippen MR) is 97.6 cm³/mol. The molecule has 0 saturated carbocycles. The van der Waals surface area contributed by atoms with Gasteiger partial charge in [-0.1, -0.05) is 36.4 Å². The van der Waals surface area contributed by atoms with Crippen molar-refractivity contribution in [2.75, 3.05) is 13.2 Å². The molecule has 0 spiro atoms. The highest BCUT2D eigenvalue weighted by Crippen LogP contribution is 2.20. The maximum absolute atomic E-state index is 13.3. The van der Waals surface area contributed by atoms with Gasteiger partial charge in [-0.05, 0) is 24.3 Å². The van der Waals surface area contributed by atoms with Crippen LogP contribution in [0.4, 0.5) is 4.39 Å². The lowest BCUT2D eigenvalue weighted by atomic mass is 10.2. The number of halogens is 2. The molecular formula is C19H18ClFN2O3. The number of hydrogen-bond donors (Lipinski definition) is 2. The summed E-state index contributed by atoms with van der Waals surface area (Å²) in [5, 5.41) is 5.28. The number of amides is 2. The average molecular weight is 377 g/mol. The fourth-order valence-electron chi connectivity index (χ4n) is 2.03. The van der Waals surface area contributed by atoms with Crippen LogP contribution >= 0.6 is 11.6 Å². The highest BCUT2D eigenvalue weighted by Gasteiger charge is 2.08. The van der Waals surface area contributed by atoms with Crippen LogP contribution in [0.1, 0.15) is 16.8 Å². The predicted octanol–water partition coefficient (Wildman–Crippen LogP) is 3.31. The second-order valence-corrected chi connectivity index (χ2v) is 5.80. The van der Waals surface area contributed by atoms with Crippen molar-refractivity contribution in [3.63, 3.8) is 0 Å². The van der Waals surface area contributed by atoms with Gasteiger partial charge in [0.15, 0.2) is 6.61 Å². The SMILES string of the molecule is C=C(CCNC(=O)c1ccccc1)NC(=O)COc1ccc(Cl)c(F)c1. The molecule has 0 saturated heterocycles. The van der Waals surface area contributed by atoms with E-state index in [0.717, 1.165) is 6.07 Å². The Hall–Kier alpha value is -2.86. The van der Waals surface area contributed by atoms with Gasteiger partial charge in [0, 0.05) is 30.3 Å². The molecule has 0 aromatic heterocycles. The topological polar surface area (TPSA) is 67.4 Å². The molecule has 0 heterocycles. The van der Waals surface area contributed by atoms with Gasteiger partial charge in [-0.2, -0.15) is 0 Å². The van der Waals surface area contributed by atoms with Gasteiger partial charge in [0.05, 0.1) is 5.02 Å². The van der Waals surface area contributed by atoms with Crippen LogP contribution < -0.4 is 15.4 Å².